The van der Waals surface area contributed by atoms with E-state index in [4.69, 9.17) is 16.9 Å². The Morgan fingerprint density at radius 3 is 2.65 bits per heavy atom. The molecule has 26 heavy (non-hydrogen) atoms. The van der Waals surface area contributed by atoms with Crippen molar-refractivity contribution in [1.82, 2.24) is 9.97 Å². The Morgan fingerprint density at radius 1 is 1.27 bits per heavy atom. The molecule has 0 aliphatic rings. The molecule has 7 heteroatoms. The average molecular weight is 366 g/mol. The Hall–Kier alpha value is -3.43. The molecular formula is C19H12ClN3O3. The van der Waals surface area contributed by atoms with E-state index in [2.05, 4.69) is 14.7 Å². The van der Waals surface area contributed by atoms with E-state index in [1.54, 1.807) is 30.3 Å². The van der Waals surface area contributed by atoms with Crippen molar-refractivity contribution in [2.75, 3.05) is 7.11 Å². The van der Waals surface area contributed by atoms with Gasteiger partial charge in [0, 0.05) is 0 Å². The number of carbonyl (C=O) groups excluding carboxylic acids is 1. The van der Waals surface area contributed by atoms with Crippen LogP contribution in [0.15, 0.2) is 47.3 Å². The summed E-state index contributed by atoms with van der Waals surface area (Å²) in [6.07, 6.45) is 1.62. The highest BCUT2D eigenvalue weighted by atomic mass is 35.5. The lowest BCUT2D eigenvalue weighted by atomic mass is 10.1. The molecule has 0 amide bonds. The van der Waals surface area contributed by atoms with Crippen molar-refractivity contribution < 1.29 is 9.53 Å². The number of rotatable bonds is 3. The molecule has 0 atom stereocenters. The Labute approximate surface area is 153 Å². The average Bonchev–Trinajstić information content (AvgIpc) is 2.67. The minimum absolute atomic E-state index is 0.176. The minimum Gasteiger partial charge on any atom is -0.465 e. The SMILES string of the molecule is COC(=O)c1ccc2c(=O)[nH]c(/C(Cl)=C/c3ccc(C#N)cc3)nc2c1. The van der Waals surface area contributed by atoms with Crippen molar-refractivity contribution in [1.29, 1.82) is 5.26 Å². The number of esters is 1. The quantitative estimate of drug-likeness (QED) is 0.718. The summed E-state index contributed by atoms with van der Waals surface area (Å²) in [7, 11) is 1.28. The van der Waals surface area contributed by atoms with Gasteiger partial charge < -0.3 is 9.72 Å². The second-order valence-electron chi connectivity index (χ2n) is 5.36. The molecule has 0 saturated carbocycles. The van der Waals surface area contributed by atoms with Crippen molar-refractivity contribution in [3.63, 3.8) is 0 Å². The van der Waals surface area contributed by atoms with Gasteiger partial charge in [0.2, 0.25) is 0 Å². The zero-order valence-electron chi connectivity index (χ0n) is 13.6. The number of nitrogens with zero attached hydrogens (tertiary/aromatic N) is 2. The maximum atomic E-state index is 12.3. The molecule has 0 aliphatic carbocycles. The van der Waals surface area contributed by atoms with E-state index in [9.17, 15) is 9.59 Å². The largest absolute Gasteiger partial charge is 0.465 e. The van der Waals surface area contributed by atoms with Gasteiger partial charge in [0.15, 0.2) is 5.82 Å². The number of nitriles is 1. The van der Waals surface area contributed by atoms with Gasteiger partial charge in [-0.15, -0.1) is 0 Å². The summed E-state index contributed by atoms with van der Waals surface area (Å²) < 4.78 is 4.68. The molecule has 0 radical (unpaired) electrons. The number of nitrogens with one attached hydrogen (secondary N) is 1. The molecule has 0 saturated heterocycles. The van der Waals surface area contributed by atoms with Crippen LogP contribution in [0.4, 0.5) is 0 Å². The van der Waals surface area contributed by atoms with Crippen LogP contribution in [0.3, 0.4) is 0 Å². The van der Waals surface area contributed by atoms with Crippen molar-refractivity contribution in [3.05, 3.63) is 75.3 Å². The van der Waals surface area contributed by atoms with Crippen molar-refractivity contribution in [2.24, 2.45) is 0 Å². The number of H-pyrrole nitrogens is 1. The number of aromatic nitrogens is 2. The fraction of sp³-hybridized carbons (Fsp3) is 0.0526. The molecule has 6 nitrogen and oxygen atoms in total. The smallest absolute Gasteiger partial charge is 0.337 e. The summed E-state index contributed by atoms with van der Waals surface area (Å²) in [5.74, 6) is -0.342. The molecule has 1 heterocycles. The normalized spacial score (nSPS) is 11.2. The first kappa shape index (κ1) is 17.4. The number of halogens is 1. The lowest BCUT2D eigenvalue weighted by Gasteiger charge is -2.04. The third-order valence-corrected chi connectivity index (χ3v) is 3.98. The third-order valence-electron chi connectivity index (χ3n) is 3.69. The van der Waals surface area contributed by atoms with Crippen molar-refractivity contribution >= 4 is 39.6 Å². The zero-order valence-corrected chi connectivity index (χ0v) is 14.4. The van der Waals surface area contributed by atoms with Crippen LogP contribution in [0.1, 0.15) is 27.3 Å². The molecule has 0 aliphatic heterocycles. The van der Waals surface area contributed by atoms with Gasteiger partial charge in [-0.25, -0.2) is 9.78 Å². The van der Waals surface area contributed by atoms with Crippen LogP contribution in [-0.4, -0.2) is 23.0 Å². The Balaban J connectivity index is 2.05. The fourth-order valence-electron chi connectivity index (χ4n) is 2.37. The first-order valence-electron chi connectivity index (χ1n) is 7.52. The summed E-state index contributed by atoms with van der Waals surface area (Å²) in [4.78, 5) is 30.9. The van der Waals surface area contributed by atoms with Crippen LogP contribution >= 0.6 is 11.6 Å². The van der Waals surface area contributed by atoms with Gasteiger partial charge in [0.05, 0.1) is 40.2 Å². The first-order valence-corrected chi connectivity index (χ1v) is 7.90. The lowest BCUT2D eigenvalue weighted by Crippen LogP contribution is -2.11. The van der Waals surface area contributed by atoms with E-state index < -0.39 is 5.97 Å². The molecule has 128 valence electrons. The molecule has 2 aromatic carbocycles. The van der Waals surface area contributed by atoms with Crippen LogP contribution in [0, 0.1) is 11.3 Å². The predicted octanol–water partition coefficient (Wildman–Crippen LogP) is 3.32. The lowest BCUT2D eigenvalue weighted by molar-refractivity contribution is 0.0601. The summed E-state index contributed by atoms with van der Waals surface area (Å²) in [6, 6.07) is 13.3. The summed E-state index contributed by atoms with van der Waals surface area (Å²) in [5, 5.41) is 9.38. The number of methoxy groups -OCH3 is 1. The second-order valence-corrected chi connectivity index (χ2v) is 5.77. The standard InChI is InChI=1S/C19H12ClN3O3/c1-26-19(25)13-6-7-14-16(9-13)22-17(23-18(14)24)15(20)8-11-2-4-12(10-21)5-3-11/h2-9H,1H3,(H,22,23,24)/b15-8-. The first-order chi connectivity index (χ1) is 12.5. The van der Waals surface area contributed by atoms with E-state index in [0.717, 1.165) is 5.56 Å². The molecule has 1 N–H and O–H groups in total. The van der Waals surface area contributed by atoms with Gasteiger partial charge in [-0.3, -0.25) is 4.79 Å². The highest BCUT2D eigenvalue weighted by Gasteiger charge is 2.11. The van der Waals surface area contributed by atoms with Gasteiger partial charge in [-0.05, 0) is 42.0 Å². The number of ether oxygens (including phenoxy) is 1. The van der Waals surface area contributed by atoms with E-state index in [0.29, 0.717) is 16.5 Å². The number of hydrogen-bond donors (Lipinski definition) is 1. The van der Waals surface area contributed by atoms with Crippen LogP contribution in [-0.2, 0) is 4.74 Å². The predicted molar refractivity (Wildman–Crippen MR) is 98.6 cm³/mol. The highest BCUT2D eigenvalue weighted by Crippen LogP contribution is 2.20. The molecular weight excluding hydrogens is 354 g/mol. The Morgan fingerprint density at radius 2 is 2.00 bits per heavy atom. The molecule has 0 fully saturated rings. The molecule has 0 unspecified atom stereocenters. The monoisotopic (exact) mass is 365 g/mol. The number of benzene rings is 2. The Bertz CT molecular complexity index is 1130. The molecule has 1 aromatic heterocycles. The van der Waals surface area contributed by atoms with E-state index in [1.165, 1.54) is 25.3 Å². The molecule has 0 bridgehead atoms. The summed E-state index contributed by atoms with van der Waals surface area (Å²) in [5.41, 5.74) is 1.54. The maximum absolute atomic E-state index is 12.3. The third kappa shape index (κ3) is 3.48. The van der Waals surface area contributed by atoms with Crippen molar-refractivity contribution in [3.8, 4) is 6.07 Å². The zero-order chi connectivity index (χ0) is 18.7. The number of carbonyl (C=O) groups is 1. The Kier molecular flexibility index (Phi) is 4.83. The molecule has 3 rings (SSSR count). The number of hydrogen-bond acceptors (Lipinski definition) is 5. The fourth-order valence-corrected chi connectivity index (χ4v) is 2.58. The van der Waals surface area contributed by atoms with Crippen LogP contribution in [0.25, 0.3) is 22.0 Å². The van der Waals surface area contributed by atoms with Gasteiger partial charge in [0.1, 0.15) is 0 Å². The van der Waals surface area contributed by atoms with Gasteiger partial charge in [0.25, 0.3) is 5.56 Å². The number of fused-ring (bicyclic) bond motifs is 1. The van der Waals surface area contributed by atoms with Crippen LogP contribution in [0.2, 0.25) is 0 Å². The van der Waals surface area contributed by atoms with Crippen LogP contribution in [0.5, 0.6) is 0 Å². The van der Waals surface area contributed by atoms with Gasteiger partial charge in [-0.1, -0.05) is 23.7 Å². The van der Waals surface area contributed by atoms with E-state index >= 15 is 0 Å². The minimum atomic E-state index is -0.519. The van der Waals surface area contributed by atoms with E-state index in [1.807, 2.05) is 6.07 Å². The molecule has 0 spiro atoms. The molecule has 3 aromatic rings. The highest BCUT2D eigenvalue weighted by molar-refractivity contribution is 6.50. The second kappa shape index (κ2) is 7.21. The van der Waals surface area contributed by atoms with Crippen molar-refractivity contribution in [2.45, 2.75) is 0 Å². The van der Waals surface area contributed by atoms with E-state index in [-0.39, 0.29) is 22.0 Å². The van der Waals surface area contributed by atoms with Crippen LogP contribution < -0.4 is 5.56 Å². The van der Waals surface area contributed by atoms with Gasteiger partial charge >= 0.3 is 5.97 Å². The maximum Gasteiger partial charge on any atom is 0.337 e. The number of aromatic amines is 1. The van der Waals surface area contributed by atoms with Gasteiger partial charge in [-0.2, -0.15) is 5.26 Å². The summed E-state index contributed by atoms with van der Waals surface area (Å²) >= 11 is 6.29. The topological polar surface area (TPSA) is 95.8 Å². The summed E-state index contributed by atoms with van der Waals surface area (Å²) in [6.45, 7) is 0.